The van der Waals surface area contributed by atoms with Gasteiger partial charge in [-0.05, 0) is 70.8 Å². The molecule has 5 aromatic carbocycles. The van der Waals surface area contributed by atoms with Gasteiger partial charge in [-0.1, -0.05) is 83.9 Å². The van der Waals surface area contributed by atoms with Crippen molar-refractivity contribution in [1.29, 1.82) is 0 Å². The maximum absolute atomic E-state index is 2.38. The number of rotatable bonds is 2. The van der Waals surface area contributed by atoms with Crippen molar-refractivity contribution in [3.05, 3.63) is 108 Å². The first-order valence-electron chi connectivity index (χ1n) is 11.6. The Bertz CT molecular complexity index is 1740. The van der Waals surface area contributed by atoms with E-state index in [4.69, 9.17) is 0 Å². The van der Waals surface area contributed by atoms with E-state index in [-0.39, 0.29) is 0 Å². The third-order valence-corrected chi connectivity index (χ3v) is 9.10. The highest BCUT2D eigenvalue weighted by atomic mass is 32.1. The van der Waals surface area contributed by atoms with Crippen LogP contribution in [-0.2, 0) is 0 Å². The molecule has 0 amide bonds. The Morgan fingerprint density at radius 2 is 0.824 bits per heavy atom. The van der Waals surface area contributed by atoms with E-state index in [1.807, 2.05) is 22.7 Å². The molecule has 0 aliphatic rings. The van der Waals surface area contributed by atoms with E-state index >= 15 is 0 Å². The fraction of sp³-hybridized carbons (Fsp3) is 0.0625. The summed E-state index contributed by atoms with van der Waals surface area (Å²) in [4.78, 5) is 2.67. The van der Waals surface area contributed by atoms with Gasteiger partial charge in [0.25, 0.3) is 0 Å². The SMILES string of the molecule is Cc1cccc(-c2cc3c(ccc4c3ccc3c5cc(-c6cccc(C)c6)sc5ccc34)s2)c1. The molecule has 0 bridgehead atoms. The molecule has 2 heteroatoms. The third kappa shape index (κ3) is 3.10. The zero-order valence-corrected chi connectivity index (χ0v) is 20.7. The van der Waals surface area contributed by atoms with Crippen LogP contribution in [0.4, 0.5) is 0 Å². The van der Waals surface area contributed by atoms with E-state index in [0.29, 0.717) is 0 Å². The van der Waals surface area contributed by atoms with E-state index in [2.05, 4.69) is 111 Å². The van der Waals surface area contributed by atoms with Crippen LogP contribution in [0.3, 0.4) is 0 Å². The lowest BCUT2D eigenvalue weighted by Crippen LogP contribution is -1.79. The van der Waals surface area contributed by atoms with E-state index in [1.165, 1.54) is 73.7 Å². The first kappa shape index (κ1) is 20.0. The molecule has 0 saturated carbocycles. The molecule has 0 nitrogen and oxygen atoms in total. The zero-order chi connectivity index (χ0) is 22.8. The maximum Gasteiger partial charge on any atom is 0.0355 e. The Morgan fingerprint density at radius 1 is 0.412 bits per heavy atom. The monoisotopic (exact) mass is 470 g/mol. The van der Waals surface area contributed by atoms with E-state index in [9.17, 15) is 0 Å². The van der Waals surface area contributed by atoms with Gasteiger partial charge in [-0.25, -0.2) is 0 Å². The van der Waals surface area contributed by atoms with Gasteiger partial charge >= 0.3 is 0 Å². The van der Waals surface area contributed by atoms with Gasteiger partial charge < -0.3 is 0 Å². The average molecular weight is 471 g/mol. The first-order valence-corrected chi connectivity index (χ1v) is 13.2. The van der Waals surface area contributed by atoms with Gasteiger partial charge in [0, 0.05) is 29.9 Å². The van der Waals surface area contributed by atoms with Crippen LogP contribution in [0.2, 0.25) is 0 Å². The number of fused-ring (bicyclic) bond motifs is 7. The van der Waals surface area contributed by atoms with Gasteiger partial charge in [0.05, 0.1) is 0 Å². The summed E-state index contributed by atoms with van der Waals surface area (Å²) in [6, 6.07) is 36.3. The number of hydrogen-bond acceptors (Lipinski definition) is 2. The minimum Gasteiger partial charge on any atom is -0.135 e. The van der Waals surface area contributed by atoms with Crippen LogP contribution in [-0.4, -0.2) is 0 Å². The molecule has 162 valence electrons. The van der Waals surface area contributed by atoms with Crippen molar-refractivity contribution in [2.75, 3.05) is 0 Å². The molecule has 0 radical (unpaired) electrons. The zero-order valence-electron chi connectivity index (χ0n) is 19.1. The summed E-state index contributed by atoms with van der Waals surface area (Å²) in [6.07, 6.45) is 0. The van der Waals surface area contributed by atoms with Gasteiger partial charge in [-0.2, -0.15) is 0 Å². The molecular weight excluding hydrogens is 448 g/mol. The molecular formula is C32H22S2. The van der Waals surface area contributed by atoms with Gasteiger partial charge in [-0.3, -0.25) is 0 Å². The Morgan fingerprint density at radius 3 is 1.26 bits per heavy atom. The maximum atomic E-state index is 2.38. The van der Waals surface area contributed by atoms with Crippen LogP contribution in [0.25, 0.3) is 62.6 Å². The highest BCUT2D eigenvalue weighted by Crippen LogP contribution is 2.42. The van der Waals surface area contributed by atoms with Crippen molar-refractivity contribution in [2.24, 2.45) is 0 Å². The summed E-state index contributed by atoms with van der Waals surface area (Å²) in [5, 5.41) is 8.06. The van der Waals surface area contributed by atoms with Crippen molar-refractivity contribution in [2.45, 2.75) is 13.8 Å². The normalized spacial score (nSPS) is 11.8. The largest absolute Gasteiger partial charge is 0.135 e. The molecule has 0 atom stereocenters. The second kappa shape index (κ2) is 7.53. The Labute approximate surface area is 206 Å². The van der Waals surface area contributed by atoms with Gasteiger partial charge in [-0.15, -0.1) is 22.7 Å². The van der Waals surface area contributed by atoms with Crippen molar-refractivity contribution in [3.8, 4) is 20.9 Å². The molecule has 0 unspecified atom stereocenters. The van der Waals surface area contributed by atoms with Crippen LogP contribution in [0.1, 0.15) is 11.1 Å². The van der Waals surface area contributed by atoms with E-state index in [0.717, 1.165) is 0 Å². The van der Waals surface area contributed by atoms with Crippen LogP contribution in [0, 0.1) is 13.8 Å². The van der Waals surface area contributed by atoms with Crippen LogP contribution in [0.15, 0.2) is 97.1 Å². The Hall–Kier alpha value is -3.46. The van der Waals surface area contributed by atoms with Gasteiger partial charge in [0.1, 0.15) is 0 Å². The summed E-state index contributed by atoms with van der Waals surface area (Å²) in [5.41, 5.74) is 5.21. The minimum absolute atomic E-state index is 1.30. The summed E-state index contributed by atoms with van der Waals surface area (Å²) in [7, 11) is 0. The lowest BCUT2D eigenvalue weighted by molar-refractivity contribution is 1.48. The quantitative estimate of drug-likeness (QED) is 0.220. The molecule has 34 heavy (non-hydrogen) atoms. The Kier molecular flexibility index (Phi) is 4.42. The molecule has 0 fully saturated rings. The second-order valence-corrected chi connectivity index (χ2v) is 11.3. The molecule has 7 aromatic rings. The van der Waals surface area contributed by atoms with Crippen LogP contribution >= 0.6 is 22.7 Å². The predicted molar refractivity (Wildman–Crippen MR) is 153 cm³/mol. The number of benzene rings is 5. The summed E-state index contributed by atoms with van der Waals surface area (Å²) in [6.45, 7) is 4.32. The van der Waals surface area contributed by atoms with Crippen molar-refractivity contribution < 1.29 is 0 Å². The fourth-order valence-electron chi connectivity index (χ4n) is 5.14. The topological polar surface area (TPSA) is 0 Å². The lowest BCUT2D eigenvalue weighted by Gasteiger charge is -2.06. The molecule has 0 saturated heterocycles. The molecule has 2 heterocycles. The average Bonchev–Trinajstić information content (AvgIpc) is 3.48. The summed E-state index contributed by atoms with van der Waals surface area (Å²) < 4.78 is 2.70. The van der Waals surface area contributed by atoms with Crippen LogP contribution in [0.5, 0.6) is 0 Å². The fourth-order valence-corrected chi connectivity index (χ4v) is 7.29. The second-order valence-electron chi connectivity index (χ2n) is 9.17. The smallest absolute Gasteiger partial charge is 0.0355 e. The third-order valence-electron chi connectivity index (χ3n) is 6.80. The first-order chi connectivity index (χ1) is 16.6. The molecule has 0 spiro atoms. The number of hydrogen-bond donors (Lipinski definition) is 0. The van der Waals surface area contributed by atoms with Crippen molar-refractivity contribution in [1.82, 2.24) is 0 Å². The molecule has 7 rings (SSSR count). The summed E-state index contributed by atoms with van der Waals surface area (Å²) >= 11 is 3.77. The molecule has 0 aliphatic heterocycles. The molecule has 0 N–H and O–H groups in total. The van der Waals surface area contributed by atoms with Crippen molar-refractivity contribution in [3.63, 3.8) is 0 Å². The van der Waals surface area contributed by atoms with Crippen molar-refractivity contribution >= 4 is 64.4 Å². The van der Waals surface area contributed by atoms with Gasteiger partial charge in [0.2, 0.25) is 0 Å². The Balaban J connectivity index is 1.44. The highest BCUT2D eigenvalue weighted by Gasteiger charge is 2.13. The molecule has 0 aliphatic carbocycles. The van der Waals surface area contributed by atoms with Crippen LogP contribution < -0.4 is 0 Å². The predicted octanol–water partition coefficient (Wildman–Crippen LogP) is 10.4. The summed E-state index contributed by atoms with van der Waals surface area (Å²) in [5.74, 6) is 0. The lowest BCUT2D eigenvalue weighted by atomic mass is 9.97. The molecule has 2 aromatic heterocycles. The standard InChI is InChI=1S/C32H22S2/c1-19-5-3-7-21(15-19)31-17-27-25-9-10-26-24(23(25)11-13-29(27)33-31)12-14-30-28(26)18-32(34-30)22-8-4-6-20(2)16-22/h3-18H,1-2H3. The number of aryl methyl sites for hydroxylation is 2. The number of thiophene rings is 2. The van der Waals surface area contributed by atoms with E-state index < -0.39 is 0 Å². The van der Waals surface area contributed by atoms with Gasteiger partial charge in [0.15, 0.2) is 0 Å². The minimum atomic E-state index is 1.30. The highest BCUT2D eigenvalue weighted by molar-refractivity contribution is 7.22. The van der Waals surface area contributed by atoms with E-state index in [1.54, 1.807) is 0 Å².